The van der Waals surface area contributed by atoms with Crippen molar-refractivity contribution < 1.29 is 36.2 Å². The Morgan fingerprint density at radius 3 is 2.45 bits per heavy atom. The molecule has 0 spiro atoms. The lowest BCUT2D eigenvalue weighted by Gasteiger charge is -2.18. The van der Waals surface area contributed by atoms with E-state index < -0.39 is 47.6 Å². The van der Waals surface area contributed by atoms with Gasteiger partial charge in [-0.1, -0.05) is 6.07 Å². The molecule has 1 aromatic carbocycles. The molecule has 0 aromatic heterocycles. The van der Waals surface area contributed by atoms with E-state index in [9.17, 15) is 26.7 Å². The molecule has 0 aliphatic heterocycles. The maximum Gasteiger partial charge on any atom is 0.421 e. The van der Waals surface area contributed by atoms with E-state index >= 15 is 0 Å². The molecule has 0 saturated carbocycles. The minimum absolute atomic E-state index is 0.0215. The largest absolute Gasteiger partial charge is 0.466 e. The highest BCUT2D eigenvalue weighted by atomic mass is 19.4. The molecule has 120 valence electrons. The zero-order chi connectivity index (χ0) is 16.9. The van der Waals surface area contributed by atoms with Gasteiger partial charge in [-0.25, -0.2) is 0 Å². The number of nitriles is 1. The van der Waals surface area contributed by atoms with Gasteiger partial charge in [0.25, 0.3) is 0 Å². The van der Waals surface area contributed by atoms with Crippen molar-refractivity contribution in [3.05, 3.63) is 28.8 Å². The smallest absolute Gasteiger partial charge is 0.421 e. The normalized spacial score (nSPS) is 11.2. The van der Waals surface area contributed by atoms with E-state index in [1.807, 2.05) is 0 Å². The summed E-state index contributed by atoms with van der Waals surface area (Å²) in [5.74, 6) is -2.14. The SMILES string of the molecule is CCOC(=O)Cc1ccc(C#N)c(C(F)(F)F)c1OC(F)F. The van der Waals surface area contributed by atoms with Gasteiger partial charge in [0.15, 0.2) is 0 Å². The van der Waals surface area contributed by atoms with Crippen LogP contribution in [-0.4, -0.2) is 19.2 Å². The summed E-state index contributed by atoms with van der Waals surface area (Å²) in [6.07, 6.45) is -5.79. The van der Waals surface area contributed by atoms with Crippen LogP contribution in [0.4, 0.5) is 22.0 Å². The quantitative estimate of drug-likeness (QED) is 0.616. The average molecular weight is 323 g/mol. The number of carbonyl (C=O) groups excluding carboxylic acids is 1. The van der Waals surface area contributed by atoms with Crippen LogP contribution in [0.2, 0.25) is 0 Å². The third kappa shape index (κ3) is 4.31. The molecular weight excluding hydrogens is 313 g/mol. The molecular formula is C13H10F5NO3. The second-order valence-electron chi connectivity index (χ2n) is 3.95. The van der Waals surface area contributed by atoms with Crippen LogP contribution in [0.15, 0.2) is 12.1 Å². The van der Waals surface area contributed by atoms with Crippen LogP contribution in [0.5, 0.6) is 5.75 Å². The Kier molecular flexibility index (Phi) is 5.68. The molecule has 0 amide bonds. The lowest BCUT2D eigenvalue weighted by Crippen LogP contribution is -2.17. The van der Waals surface area contributed by atoms with E-state index in [1.54, 1.807) is 0 Å². The number of hydrogen-bond donors (Lipinski definition) is 0. The lowest BCUT2D eigenvalue weighted by molar-refractivity contribution is -0.144. The molecule has 0 bridgehead atoms. The number of ether oxygens (including phenoxy) is 2. The summed E-state index contributed by atoms with van der Waals surface area (Å²) in [4.78, 5) is 11.4. The van der Waals surface area contributed by atoms with Crippen LogP contribution in [0.25, 0.3) is 0 Å². The molecule has 9 heteroatoms. The van der Waals surface area contributed by atoms with E-state index in [4.69, 9.17) is 5.26 Å². The fourth-order valence-electron chi connectivity index (χ4n) is 1.73. The number of rotatable bonds is 5. The number of benzene rings is 1. The summed E-state index contributed by atoms with van der Waals surface area (Å²) < 4.78 is 72.3. The highest BCUT2D eigenvalue weighted by Crippen LogP contribution is 2.41. The second kappa shape index (κ2) is 7.06. The second-order valence-corrected chi connectivity index (χ2v) is 3.95. The predicted molar refractivity (Wildman–Crippen MR) is 63.1 cm³/mol. The first-order chi connectivity index (χ1) is 10.2. The van der Waals surface area contributed by atoms with E-state index in [0.717, 1.165) is 12.1 Å². The summed E-state index contributed by atoms with van der Waals surface area (Å²) >= 11 is 0. The monoisotopic (exact) mass is 323 g/mol. The van der Waals surface area contributed by atoms with Crippen molar-refractivity contribution in [3.63, 3.8) is 0 Å². The van der Waals surface area contributed by atoms with Crippen LogP contribution >= 0.6 is 0 Å². The zero-order valence-corrected chi connectivity index (χ0v) is 11.2. The van der Waals surface area contributed by atoms with Crippen molar-refractivity contribution in [2.45, 2.75) is 26.1 Å². The Bertz CT molecular complexity index is 593. The van der Waals surface area contributed by atoms with E-state index in [0.29, 0.717) is 0 Å². The first-order valence-corrected chi connectivity index (χ1v) is 5.94. The van der Waals surface area contributed by atoms with Crippen LogP contribution < -0.4 is 4.74 Å². The molecule has 0 unspecified atom stereocenters. The van der Waals surface area contributed by atoms with Gasteiger partial charge in [-0.05, 0) is 13.0 Å². The topological polar surface area (TPSA) is 59.3 Å². The van der Waals surface area contributed by atoms with Crippen LogP contribution in [-0.2, 0) is 22.1 Å². The van der Waals surface area contributed by atoms with Gasteiger partial charge >= 0.3 is 18.8 Å². The highest BCUT2D eigenvalue weighted by Gasteiger charge is 2.39. The Morgan fingerprint density at radius 2 is 2.00 bits per heavy atom. The van der Waals surface area contributed by atoms with Gasteiger partial charge in [-0.3, -0.25) is 4.79 Å². The number of esters is 1. The molecule has 0 saturated heterocycles. The van der Waals surface area contributed by atoms with Gasteiger partial charge in [0.1, 0.15) is 11.3 Å². The van der Waals surface area contributed by atoms with Gasteiger partial charge in [0.05, 0.1) is 24.7 Å². The van der Waals surface area contributed by atoms with Gasteiger partial charge in [0, 0.05) is 5.56 Å². The average Bonchev–Trinajstić information content (AvgIpc) is 2.38. The molecule has 1 aromatic rings. The molecule has 0 aliphatic rings. The number of alkyl halides is 5. The summed E-state index contributed by atoms with van der Waals surface area (Å²) in [6.45, 7) is -2.09. The number of carbonyl (C=O) groups is 1. The fraction of sp³-hybridized carbons (Fsp3) is 0.385. The van der Waals surface area contributed by atoms with E-state index in [2.05, 4.69) is 9.47 Å². The van der Waals surface area contributed by atoms with Gasteiger partial charge in [-0.2, -0.15) is 27.2 Å². The first kappa shape index (κ1) is 17.7. The van der Waals surface area contributed by atoms with Gasteiger partial charge in [0.2, 0.25) is 0 Å². The third-order valence-corrected chi connectivity index (χ3v) is 2.49. The summed E-state index contributed by atoms with van der Waals surface area (Å²) in [7, 11) is 0. The van der Waals surface area contributed by atoms with E-state index in [-0.39, 0.29) is 6.61 Å². The van der Waals surface area contributed by atoms with Crippen LogP contribution in [0.1, 0.15) is 23.6 Å². The summed E-state index contributed by atoms with van der Waals surface area (Å²) in [6, 6.07) is 2.99. The number of halogens is 5. The maximum absolute atomic E-state index is 13.0. The predicted octanol–water partition coefficient (Wildman–Crippen LogP) is 3.28. The molecule has 0 radical (unpaired) electrons. The molecule has 22 heavy (non-hydrogen) atoms. The van der Waals surface area contributed by atoms with Gasteiger partial charge in [-0.15, -0.1) is 0 Å². The number of nitrogens with zero attached hydrogens (tertiary/aromatic N) is 1. The molecule has 0 N–H and O–H groups in total. The molecule has 4 nitrogen and oxygen atoms in total. The Hall–Kier alpha value is -2.37. The number of hydrogen-bond acceptors (Lipinski definition) is 4. The summed E-state index contributed by atoms with van der Waals surface area (Å²) in [5, 5.41) is 8.71. The Labute approximate surface area is 122 Å². The molecule has 1 rings (SSSR count). The lowest BCUT2D eigenvalue weighted by atomic mass is 10.0. The van der Waals surface area contributed by atoms with Crippen molar-refractivity contribution in [2.75, 3.05) is 6.61 Å². The third-order valence-electron chi connectivity index (χ3n) is 2.49. The van der Waals surface area contributed by atoms with Gasteiger partial charge < -0.3 is 9.47 Å². The summed E-state index contributed by atoms with van der Waals surface area (Å²) in [5.41, 5.74) is -2.96. The van der Waals surface area contributed by atoms with Crippen molar-refractivity contribution >= 4 is 5.97 Å². The molecule has 0 atom stereocenters. The zero-order valence-electron chi connectivity index (χ0n) is 11.2. The Balaban J connectivity index is 3.45. The van der Waals surface area contributed by atoms with Crippen LogP contribution in [0, 0.1) is 11.3 Å². The standard InChI is InChI=1S/C13H10F5NO3/c1-2-21-9(20)5-7-3-4-8(6-19)10(13(16,17)18)11(7)22-12(14)15/h3-4,12H,2,5H2,1H3. The molecule has 0 heterocycles. The van der Waals surface area contributed by atoms with E-state index in [1.165, 1.54) is 13.0 Å². The van der Waals surface area contributed by atoms with Crippen molar-refractivity contribution in [1.29, 1.82) is 5.26 Å². The molecule has 0 fully saturated rings. The van der Waals surface area contributed by atoms with Crippen LogP contribution in [0.3, 0.4) is 0 Å². The fourth-order valence-corrected chi connectivity index (χ4v) is 1.73. The van der Waals surface area contributed by atoms with Crippen molar-refractivity contribution in [1.82, 2.24) is 0 Å². The molecule has 0 aliphatic carbocycles. The first-order valence-electron chi connectivity index (χ1n) is 5.94. The maximum atomic E-state index is 13.0. The van der Waals surface area contributed by atoms with Crippen molar-refractivity contribution in [3.8, 4) is 11.8 Å². The minimum atomic E-state index is -5.10. The van der Waals surface area contributed by atoms with Crippen molar-refractivity contribution in [2.24, 2.45) is 0 Å². The Morgan fingerprint density at radius 1 is 1.36 bits per heavy atom. The highest BCUT2D eigenvalue weighted by molar-refractivity contribution is 5.74. The minimum Gasteiger partial charge on any atom is -0.466 e.